The zero-order valence-electron chi connectivity index (χ0n) is 6.03. The lowest BCUT2D eigenvalue weighted by atomic mass is 10.2. The zero-order valence-corrected chi connectivity index (χ0v) is 6.03. The second-order valence-corrected chi connectivity index (χ2v) is 2.02. The highest BCUT2D eigenvalue weighted by atomic mass is 16.1. The lowest BCUT2D eigenvalue weighted by Gasteiger charge is -1.87. The smallest absolute Gasteiger partial charge is 0.179 e. The fraction of sp³-hybridized carbons (Fsp3) is 0.143. The van der Waals surface area contributed by atoms with Gasteiger partial charge in [0.25, 0.3) is 0 Å². The monoisotopic (exact) mass is 151 g/mol. The van der Waals surface area contributed by atoms with E-state index in [1.807, 2.05) is 0 Å². The van der Waals surface area contributed by atoms with Crippen LogP contribution in [0.3, 0.4) is 0 Å². The Labute approximate surface area is 64.3 Å². The summed E-state index contributed by atoms with van der Waals surface area (Å²) in [5.74, 6) is -0.113. The molecule has 0 unspecified atom stereocenters. The molecule has 1 heterocycles. The molecular formula is C7H9N3O. The average Bonchev–Trinajstić information content (AvgIpc) is 2.50. The molecule has 0 bridgehead atoms. The highest BCUT2D eigenvalue weighted by Gasteiger charge is 2.04. The molecule has 1 aromatic heterocycles. The summed E-state index contributed by atoms with van der Waals surface area (Å²) < 4.78 is 1.46. The molecule has 58 valence electrons. The maximum atomic E-state index is 10.9. The first kappa shape index (κ1) is 7.68. The van der Waals surface area contributed by atoms with Crippen molar-refractivity contribution >= 4 is 12.0 Å². The minimum Gasteiger partial charge on any atom is -0.324 e. The molecule has 4 nitrogen and oxygen atoms in total. The Hall–Kier alpha value is -1.42. The van der Waals surface area contributed by atoms with Crippen LogP contribution in [-0.4, -0.2) is 22.1 Å². The van der Waals surface area contributed by atoms with Crippen LogP contribution in [0.2, 0.25) is 0 Å². The third-order valence-electron chi connectivity index (χ3n) is 1.30. The number of nitrogens with zero attached hydrogens (tertiary/aromatic N) is 2. The molecule has 0 aromatic carbocycles. The van der Waals surface area contributed by atoms with Crippen LogP contribution in [0.25, 0.3) is 6.20 Å². The van der Waals surface area contributed by atoms with Gasteiger partial charge in [0.05, 0.1) is 18.3 Å². The van der Waals surface area contributed by atoms with Crippen LogP contribution >= 0.6 is 0 Å². The molecule has 1 aromatic rings. The summed E-state index contributed by atoms with van der Waals surface area (Å²) in [6.07, 6.45) is 4.56. The minimum absolute atomic E-state index is 0.0167. The second kappa shape index (κ2) is 3.12. The Morgan fingerprint density at radius 1 is 1.91 bits per heavy atom. The summed E-state index contributed by atoms with van der Waals surface area (Å²) in [5, 5.41) is 3.83. The van der Waals surface area contributed by atoms with Gasteiger partial charge in [0.15, 0.2) is 5.78 Å². The lowest BCUT2D eigenvalue weighted by molar-refractivity contribution is 0.100. The van der Waals surface area contributed by atoms with Crippen molar-refractivity contribution in [3.63, 3.8) is 0 Å². The van der Waals surface area contributed by atoms with Crippen LogP contribution in [0.15, 0.2) is 19.0 Å². The van der Waals surface area contributed by atoms with Gasteiger partial charge >= 0.3 is 0 Å². The van der Waals surface area contributed by atoms with E-state index in [9.17, 15) is 4.79 Å². The van der Waals surface area contributed by atoms with Gasteiger partial charge in [-0.15, -0.1) is 0 Å². The fourth-order valence-corrected chi connectivity index (χ4v) is 0.700. The van der Waals surface area contributed by atoms with Crippen LogP contribution in [0.1, 0.15) is 10.4 Å². The van der Waals surface area contributed by atoms with Gasteiger partial charge in [0.2, 0.25) is 0 Å². The third kappa shape index (κ3) is 1.53. The van der Waals surface area contributed by atoms with E-state index in [1.165, 1.54) is 17.1 Å². The third-order valence-corrected chi connectivity index (χ3v) is 1.30. The molecule has 0 aliphatic rings. The molecular weight excluding hydrogens is 142 g/mol. The van der Waals surface area contributed by atoms with Gasteiger partial charge < -0.3 is 5.73 Å². The molecule has 0 aliphatic heterocycles. The van der Waals surface area contributed by atoms with Crippen molar-refractivity contribution in [2.45, 2.75) is 0 Å². The normalized spacial score (nSPS) is 9.55. The molecule has 0 spiro atoms. The molecule has 2 N–H and O–H groups in total. The maximum absolute atomic E-state index is 10.9. The van der Waals surface area contributed by atoms with Crippen LogP contribution < -0.4 is 5.73 Å². The molecule has 0 atom stereocenters. The fourth-order valence-electron chi connectivity index (χ4n) is 0.700. The maximum Gasteiger partial charge on any atom is 0.179 e. The number of carbonyl (C=O) groups excluding carboxylic acids is 1. The van der Waals surface area contributed by atoms with Crippen molar-refractivity contribution < 1.29 is 4.79 Å². The molecule has 4 heteroatoms. The van der Waals surface area contributed by atoms with Crippen molar-refractivity contribution in [1.29, 1.82) is 0 Å². The molecule has 11 heavy (non-hydrogen) atoms. The van der Waals surface area contributed by atoms with Gasteiger partial charge in [-0.05, 0) is 0 Å². The molecule has 0 saturated heterocycles. The van der Waals surface area contributed by atoms with Gasteiger partial charge in [-0.25, -0.2) is 4.68 Å². The van der Waals surface area contributed by atoms with Crippen molar-refractivity contribution in [2.75, 3.05) is 6.54 Å². The number of rotatable bonds is 3. The van der Waals surface area contributed by atoms with Crippen molar-refractivity contribution in [1.82, 2.24) is 9.78 Å². The van der Waals surface area contributed by atoms with Crippen LogP contribution in [0.4, 0.5) is 0 Å². The van der Waals surface area contributed by atoms with E-state index in [1.54, 1.807) is 6.20 Å². The van der Waals surface area contributed by atoms with E-state index < -0.39 is 0 Å². The van der Waals surface area contributed by atoms with Gasteiger partial charge in [0.1, 0.15) is 0 Å². The van der Waals surface area contributed by atoms with Crippen LogP contribution in [0, 0.1) is 0 Å². The van der Waals surface area contributed by atoms with E-state index in [0.29, 0.717) is 5.56 Å². The first-order chi connectivity index (χ1) is 5.27. The molecule has 0 fully saturated rings. The molecule has 0 amide bonds. The number of carbonyl (C=O) groups is 1. The minimum atomic E-state index is -0.113. The highest BCUT2D eigenvalue weighted by molar-refractivity contribution is 5.97. The van der Waals surface area contributed by atoms with Gasteiger partial charge in [0, 0.05) is 12.4 Å². The molecule has 1 rings (SSSR count). The Balaban J connectivity index is 2.88. The van der Waals surface area contributed by atoms with E-state index in [-0.39, 0.29) is 12.3 Å². The first-order valence-corrected chi connectivity index (χ1v) is 3.18. The lowest BCUT2D eigenvalue weighted by Crippen LogP contribution is -2.12. The van der Waals surface area contributed by atoms with Crippen LogP contribution in [-0.2, 0) is 0 Å². The quantitative estimate of drug-likeness (QED) is 0.624. The van der Waals surface area contributed by atoms with E-state index >= 15 is 0 Å². The van der Waals surface area contributed by atoms with Gasteiger partial charge in [-0.1, -0.05) is 6.58 Å². The standard InChI is InChI=1S/C7H9N3O/c1-2-10-5-6(4-9-10)7(11)3-8/h2,4-5H,1,3,8H2. The number of aromatic nitrogens is 2. The number of Topliss-reactive ketones (excluding diaryl/α,β-unsaturated/α-hetero) is 1. The molecule has 0 saturated carbocycles. The van der Waals surface area contributed by atoms with E-state index in [4.69, 9.17) is 5.73 Å². The summed E-state index contributed by atoms with van der Waals surface area (Å²) in [5.41, 5.74) is 5.66. The Morgan fingerprint density at radius 3 is 3.09 bits per heavy atom. The Bertz CT molecular complexity index is 277. The van der Waals surface area contributed by atoms with Crippen molar-refractivity contribution in [3.8, 4) is 0 Å². The molecule has 0 aliphatic carbocycles. The summed E-state index contributed by atoms with van der Waals surface area (Å²) >= 11 is 0. The Morgan fingerprint density at radius 2 is 2.64 bits per heavy atom. The summed E-state index contributed by atoms with van der Waals surface area (Å²) in [7, 11) is 0. The predicted octanol–water partition coefficient (Wildman–Crippen LogP) is 0.125. The predicted molar refractivity (Wildman–Crippen MR) is 42.0 cm³/mol. The highest BCUT2D eigenvalue weighted by Crippen LogP contribution is 1.97. The topological polar surface area (TPSA) is 60.9 Å². The first-order valence-electron chi connectivity index (χ1n) is 3.18. The number of nitrogens with two attached hydrogens (primary N) is 1. The van der Waals surface area contributed by atoms with Gasteiger partial charge in [-0.2, -0.15) is 5.10 Å². The van der Waals surface area contributed by atoms with E-state index in [0.717, 1.165) is 0 Å². The zero-order chi connectivity index (χ0) is 8.27. The Kier molecular flexibility index (Phi) is 2.18. The SMILES string of the molecule is C=Cn1cc(C(=O)CN)cn1. The number of hydrogen-bond donors (Lipinski definition) is 1. The van der Waals surface area contributed by atoms with Crippen LogP contribution in [0.5, 0.6) is 0 Å². The van der Waals surface area contributed by atoms with Crippen molar-refractivity contribution in [2.24, 2.45) is 5.73 Å². The van der Waals surface area contributed by atoms with E-state index in [2.05, 4.69) is 11.7 Å². The van der Waals surface area contributed by atoms with Gasteiger partial charge in [-0.3, -0.25) is 4.79 Å². The summed E-state index contributed by atoms with van der Waals surface area (Å²) in [6.45, 7) is 3.50. The number of ketones is 1. The molecule has 0 radical (unpaired) electrons. The summed E-state index contributed by atoms with van der Waals surface area (Å²) in [4.78, 5) is 10.9. The largest absolute Gasteiger partial charge is 0.324 e. The average molecular weight is 151 g/mol. The summed E-state index contributed by atoms with van der Waals surface area (Å²) in [6, 6.07) is 0. The second-order valence-electron chi connectivity index (χ2n) is 2.02. The van der Waals surface area contributed by atoms with Crippen molar-refractivity contribution in [3.05, 3.63) is 24.5 Å². The number of hydrogen-bond acceptors (Lipinski definition) is 3.